The number of hydrogen-bond acceptors (Lipinski definition) is 6. The van der Waals surface area contributed by atoms with Crippen LogP contribution in [0.2, 0.25) is 0 Å². The maximum atomic E-state index is 14.4. The van der Waals surface area contributed by atoms with Crippen LogP contribution in [0.15, 0.2) is 12.3 Å². The largest absolute Gasteiger partial charge is 0.444 e. The number of anilines is 1. The third kappa shape index (κ3) is 4.76. The average Bonchev–Trinajstić information content (AvgIpc) is 3.28. The fourth-order valence-electron chi connectivity index (χ4n) is 4.86. The van der Waals surface area contributed by atoms with Crippen LogP contribution in [0, 0.1) is 11.7 Å². The van der Waals surface area contributed by atoms with Gasteiger partial charge in [-0.1, -0.05) is 0 Å². The molecule has 0 aromatic carbocycles. The first-order chi connectivity index (χ1) is 14.6. The van der Waals surface area contributed by atoms with Crippen molar-refractivity contribution in [1.29, 1.82) is 0 Å². The maximum absolute atomic E-state index is 14.4. The Hall–Kier alpha value is -2.42. The van der Waals surface area contributed by atoms with Gasteiger partial charge in [-0.05, 0) is 58.4 Å². The van der Waals surface area contributed by atoms with Crippen molar-refractivity contribution in [3.63, 3.8) is 0 Å². The van der Waals surface area contributed by atoms with Crippen molar-refractivity contribution in [1.82, 2.24) is 14.8 Å². The Morgan fingerprint density at radius 3 is 2.71 bits per heavy atom. The predicted molar refractivity (Wildman–Crippen MR) is 112 cm³/mol. The van der Waals surface area contributed by atoms with E-state index >= 15 is 0 Å². The Kier molecular flexibility index (Phi) is 5.81. The highest BCUT2D eigenvalue weighted by molar-refractivity contribution is 5.95. The van der Waals surface area contributed by atoms with Gasteiger partial charge < -0.3 is 25.0 Å². The van der Waals surface area contributed by atoms with Crippen LogP contribution in [0.1, 0.15) is 56.8 Å². The summed E-state index contributed by atoms with van der Waals surface area (Å²) in [7, 11) is 0. The highest BCUT2D eigenvalue weighted by atomic mass is 19.1. The molecule has 2 amide bonds. The molecule has 0 radical (unpaired) electrons. The van der Waals surface area contributed by atoms with Crippen molar-refractivity contribution in [2.24, 2.45) is 5.92 Å². The van der Waals surface area contributed by atoms with Crippen molar-refractivity contribution in [3.8, 4) is 0 Å². The Morgan fingerprint density at radius 2 is 2.06 bits per heavy atom. The first kappa shape index (κ1) is 21.8. The Labute approximate surface area is 181 Å². The minimum Gasteiger partial charge on any atom is -0.444 e. The first-order valence-electron chi connectivity index (χ1n) is 11.0. The molecule has 1 saturated carbocycles. The molecule has 3 heterocycles. The van der Waals surface area contributed by atoms with Gasteiger partial charge in [0.1, 0.15) is 11.4 Å². The summed E-state index contributed by atoms with van der Waals surface area (Å²) in [6.07, 6.45) is 3.21. The fourth-order valence-corrected chi connectivity index (χ4v) is 4.86. The number of carbonyl (C=O) groups excluding carboxylic acids is 2. The van der Waals surface area contributed by atoms with Crippen molar-refractivity contribution in [2.45, 2.75) is 70.2 Å². The third-order valence-electron chi connectivity index (χ3n) is 6.27. The van der Waals surface area contributed by atoms with Crippen molar-refractivity contribution in [3.05, 3.63) is 23.6 Å². The summed E-state index contributed by atoms with van der Waals surface area (Å²) >= 11 is 0. The molecule has 3 aliphatic rings. The number of pyridine rings is 1. The normalized spacial score (nSPS) is 28.0. The number of carbonyl (C=O) groups is 2. The van der Waals surface area contributed by atoms with E-state index in [0.717, 1.165) is 19.0 Å². The number of β-amino-alcohol motifs (C(OH)–C–C–N with tert-alkyl or cyclic N) is 1. The van der Waals surface area contributed by atoms with Crippen LogP contribution in [0.25, 0.3) is 0 Å². The molecule has 3 fully saturated rings. The van der Waals surface area contributed by atoms with Crippen LogP contribution in [0.3, 0.4) is 0 Å². The zero-order valence-electron chi connectivity index (χ0n) is 18.3. The second-order valence-electron chi connectivity index (χ2n) is 9.87. The lowest BCUT2D eigenvalue weighted by molar-refractivity contribution is 0.0186. The molecule has 8 nitrogen and oxygen atoms in total. The van der Waals surface area contributed by atoms with E-state index in [4.69, 9.17) is 4.74 Å². The average molecular weight is 435 g/mol. The number of likely N-dealkylation sites (tertiary alicyclic amines) is 2. The molecule has 9 heteroatoms. The van der Waals surface area contributed by atoms with Crippen LogP contribution >= 0.6 is 0 Å². The van der Waals surface area contributed by atoms with E-state index in [2.05, 4.69) is 10.3 Å². The van der Waals surface area contributed by atoms with E-state index in [1.54, 1.807) is 4.90 Å². The minimum atomic E-state index is -0.667. The standard InChI is InChI=1S/C22H31FN4O4/c1-22(2,3)31-21(30)27-11-13-7-14(27)8-18(13)25-19-9-16(17(23)10-24-19)20(29)26-6-4-5-15(28)12-26/h9-10,13-15,18,28H,4-8,11-12H2,1-3H3,(H,24,25). The molecular formula is C22H31FN4O4. The van der Waals surface area contributed by atoms with Gasteiger partial charge in [0.15, 0.2) is 5.82 Å². The number of fused-ring (bicyclic) bond motifs is 2. The van der Waals surface area contributed by atoms with Gasteiger partial charge in [0.25, 0.3) is 5.91 Å². The molecule has 2 aliphatic heterocycles. The molecule has 2 bridgehead atoms. The number of aliphatic hydroxyl groups is 1. The number of aromatic nitrogens is 1. The predicted octanol–water partition coefficient (Wildman–Crippen LogP) is 2.63. The summed E-state index contributed by atoms with van der Waals surface area (Å²) in [5, 5.41) is 13.2. The highest BCUT2D eigenvalue weighted by Gasteiger charge is 2.47. The number of aliphatic hydroxyl groups excluding tert-OH is 1. The van der Waals surface area contributed by atoms with E-state index < -0.39 is 23.4 Å². The lowest BCUT2D eigenvalue weighted by Gasteiger charge is -2.33. The lowest BCUT2D eigenvalue weighted by Crippen LogP contribution is -2.45. The van der Waals surface area contributed by atoms with Gasteiger partial charge >= 0.3 is 6.09 Å². The van der Waals surface area contributed by atoms with E-state index in [9.17, 15) is 19.1 Å². The molecule has 170 valence electrons. The quantitative estimate of drug-likeness (QED) is 0.760. The number of piperidine rings is 2. The summed E-state index contributed by atoms with van der Waals surface area (Å²) in [5.74, 6) is -0.394. The van der Waals surface area contributed by atoms with E-state index in [1.807, 2.05) is 20.8 Å². The summed E-state index contributed by atoms with van der Waals surface area (Å²) in [4.78, 5) is 32.6. The van der Waals surface area contributed by atoms with Gasteiger partial charge in [-0.2, -0.15) is 0 Å². The number of halogens is 1. The minimum absolute atomic E-state index is 0.0369. The van der Waals surface area contributed by atoms with Gasteiger partial charge in [0.05, 0.1) is 17.9 Å². The number of ether oxygens (including phenoxy) is 1. The molecular weight excluding hydrogens is 403 g/mol. The van der Waals surface area contributed by atoms with Crippen LogP contribution in [-0.2, 0) is 4.74 Å². The number of nitrogens with zero attached hydrogens (tertiary/aromatic N) is 3. The smallest absolute Gasteiger partial charge is 0.410 e. The summed E-state index contributed by atoms with van der Waals surface area (Å²) in [5.41, 5.74) is -0.563. The summed E-state index contributed by atoms with van der Waals surface area (Å²) in [6.45, 7) is 6.90. The molecule has 1 aliphatic carbocycles. The van der Waals surface area contributed by atoms with Gasteiger partial charge in [-0.3, -0.25) is 4.79 Å². The Morgan fingerprint density at radius 1 is 1.29 bits per heavy atom. The molecule has 4 rings (SSSR count). The van der Waals surface area contributed by atoms with Crippen molar-refractivity contribution >= 4 is 17.8 Å². The van der Waals surface area contributed by atoms with E-state index in [0.29, 0.717) is 31.7 Å². The van der Waals surface area contributed by atoms with E-state index in [1.165, 1.54) is 11.0 Å². The second-order valence-corrected chi connectivity index (χ2v) is 9.87. The molecule has 4 atom stereocenters. The van der Waals surface area contributed by atoms with Crippen LogP contribution in [-0.4, -0.2) is 75.3 Å². The maximum Gasteiger partial charge on any atom is 0.410 e. The zero-order chi connectivity index (χ0) is 22.3. The van der Waals surface area contributed by atoms with Crippen LogP contribution < -0.4 is 5.32 Å². The molecule has 0 spiro atoms. The zero-order valence-corrected chi connectivity index (χ0v) is 18.3. The van der Waals surface area contributed by atoms with Gasteiger partial charge in [-0.25, -0.2) is 14.2 Å². The van der Waals surface area contributed by atoms with Gasteiger partial charge in [0.2, 0.25) is 0 Å². The van der Waals surface area contributed by atoms with Crippen LogP contribution in [0.5, 0.6) is 0 Å². The Bertz CT molecular complexity index is 858. The molecule has 1 aromatic rings. The number of amides is 2. The summed E-state index contributed by atoms with van der Waals surface area (Å²) in [6, 6.07) is 1.66. The summed E-state index contributed by atoms with van der Waals surface area (Å²) < 4.78 is 19.9. The van der Waals surface area contributed by atoms with Gasteiger partial charge in [0, 0.05) is 31.7 Å². The van der Waals surface area contributed by atoms with Crippen molar-refractivity contribution < 1.29 is 23.8 Å². The lowest BCUT2D eigenvalue weighted by atomic mass is 10.0. The highest BCUT2D eigenvalue weighted by Crippen LogP contribution is 2.40. The molecule has 4 unspecified atom stereocenters. The molecule has 2 saturated heterocycles. The number of rotatable bonds is 3. The van der Waals surface area contributed by atoms with Crippen LogP contribution in [0.4, 0.5) is 15.0 Å². The second kappa shape index (κ2) is 8.26. The molecule has 31 heavy (non-hydrogen) atoms. The van der Waals surface area contributed by atoms with Crippen molar-refractivity contribution in [2.75, 3.05) is 25.0 Å². The third-order valence-corrected chi connectivity index (χ3v) is 6.27. The number of nitrogens with one attached hydrogen (secondary N) is 1. The molecule has 1 aromatic heterocycles. The number of hydrogen-bond donors (Lipinski definition) is 2. The molecule has 2 N–H and O–H groups in total. The van der Waals surface area contributed by atoms with Gasteiger partial charge in [-0.15, -0.1) is 0 Å². The SMILES string of the molecule is CC(C)(C)OC(=O)N1CC2CC1CC2Nc1cc(C(=O)N2CCCC(O)C2)c(F)cn1. The fraction of sp³-hybridized carbons (Fsp3) is 0.682. The topological polar surface area (TPSA) is 95.0 Å². The first-order valence-corrected chi connectivity index (χ1v) is 11.0. The Balaban J connectivity index is 1.40. The van der Waals surface area contributed by atoms with E-state index in [-0.39, 0.29) is 36.2 Å². The monoisotopic (exact) mass is 434 g/mol.